The minimum absolute atomic E-state index is 0.338. The number of rotatable bonds is 4. The number of hydrogen-bond donors (Lipinski definition) is 0. The molecule has 0 spiro atoms. The summed E-state index contributed by atoms with van der Waals surface area (Å²) in [7, 11) is 0. The van der Waals surface area contributed by atoms with Gasteiger partial charge in [0.15, 0.2) is 5.76 Å². The molecule has 0 radical (unpaired) electrons. The van der Waals surface area contributed by atoms with Crippen LogP contribution in [0.5, 0.6) is 0 Å². The second-order valence-corrected chi connectivity index (χ2v) is 3.04. The third-order valence-electron chi connectivity index (χ3n) is 1.89. The largest absolute Gasteiger partial charge is 0.462 e. The third-order valence-corrected chi connectivity index (χ3v) is 1.89. The molecular weight excluding hydrogens is 182 g/mol. The molecule has 0 fully saturated rings. The molecule has 1 aromatic heterocycles. The lowest BCUT2D eigenvalue weighted by Gasteiger charge is -2.00. The van der Waals surface area contributed by atoms with Crippen molar-refractivity contribution in [3.63, 3.8) is 0 Å². The molecule has 0 N–H and O–H groups in total. The number of carbonyl (C=O) groups excluding carboxylic acids is 1. The van der Waals surface area contributed by atoms with Gasteiger partial charge in [-0.2, -0.15) is 0 Å². The van der Waals surface area contributed by atoms with Crippen molar-refractivity contribution in [1.29, 1.82) is 0 Å². The van der Waals surface area contributed by atoms with Crippen LogP contribution in [-0.2, 0) is 11.2 Å². The van der Waals surface area contributed by atoms with Crippen molar-refractivity contribution in [2.45, 2.75) is 33.6 Å². The van der Waals surface area contributed by atoms with Crippen LogP contribution >= 0.6 is 0 Å². The summed E-state index contributed by atoms with van der Waals surface area (Å²) in [6.07, 6.45) is 1.63. The van der Waals surface area contributed by atoms with Crippen molar-refractivity contribution in [3.05, 3.63) is 17.0 Å². The summed E-state index contributed by atoms with van der Waals surface area (Å²) in [5, 5.41) is 3.76. The molecule has 0 atom stereocenters. The van der Waals surface area contributed by atoms with E-state index >= 15 is 0 Å². The van der Waals surface area contributed by atoms with Crippen LogP contribution < -0.4 is 0 Å². The van der Waals surface area contributed by atoms with Crippen molar-refractivity contribution in [1.82, 2.24) is 5.16 Å². The molecule has 14 heavy (non-hydrogen) atoms. The maximum absolute atomic E-state index is 11.5. The lowest BCUT2D eigenvalue weighted by molar-refractivity contribution is 0.0523. The van der Waals surface area contributed by atoms with Crippen LogP contribution in [0.2, 0.25) is 0 Å². The van der Waals surface area contributed by atoms with Crippen LogP contribution in [0, 0.1) is 6.92 Å². The number of nitrogens with zero attached hydrogens (tertiary/aromatic N) is 1. The van der Waals surface area contributed by atoms with E-state index in [0.717, 1.165) is 12.8 Å². The SMILES string of the molecule is CCCc1onc(C)c1C(=O)OCC. The Morgan fingerprint density at radius 1 is 1.50 bits per heavy atom. The zero-order valence-electron chi connectivity index (χ0n) is 8.79. The van der Waals surface area contributed by atoms with E-state index in [4.69, 9.17) is 9.26 Å². The van der Waals surface area contributed by atoms with Gasteiger partial charge in [0, 0.05) is 6.42 Å². The van der Waals surface area contributed by atoms with Gasteiger partial charge in [-0.1, -0.05) is 12.1 Å². The molecular formula is C10H15NO3. The summed E-state index contributed by atoms with van der Waals surface area (Å²) in [4.78, 5) is 11.5. The molecule has 4 nitrogen and oxygen atoms in total. The minimum Gasteiger partial charge on any atom is -0.462 e. The molecule has 0 aliphatic rings. The fourth-order valence-corrected chi connectivity index (χ4v) is 1.28. The van der Waals surface area contributed by atoms with Gasteiger partial charge in [0.2, 0.25) is 0 Å². The summed E-state index contributed by atoms with van der Waals surface area (Å²) < 4.78 is 9.97. The van der Waals surface area contributed by atoms with E-state index in [0.29, 0.717) is 23.6 Å². The van der Waals surface area contributed by atoms with Crippen molar-refractivity contribution in [3.8, 4) is 0 Å². The molecule has 0 unspecified atom stereocenters. The topological polar surface area (TPSA) is 52.3 Å². The van der Waals surface area contributed by atoms with Crippen LogP contribution in [0.1, 0.15) is 42.1 Å². The molecule has 1 rings (SSSR count). The summed E-state index contributed by atoms with van der Waals surface area (Å²) in [5.41, 5.74) is 1.10. The van der Waals surface area contributed by atoms with Gasteiger partial charge in [-0.25, -0.2) is 4.79 Å². The van der Waals surface area contributed by atoms with Crippen LogP contribution in [0.3, 0.4) is 0 Å². The Bertz CT molecular complexity index is 317. The first-order chi connectivity index (χ1) is 6.70. The smallest absolute Gasteiger partial charge is 0.343 e. The Morgan fingerprint density at radius 2 is 2.21 bits per heavy atom. The monoisotopic (exact) mass is 197 g/mol. The van der Waals surface area contributed by atoms with Crippen molar-refractivity contribution in [2.75, 3.05) is 6.61 Å². The van der Waals surface area contributed by atoms with Crippen molar-refractivity contribution >= 4 is 5.97 Å². The fraction of sp³-hybridized carbons (Fsp3) is 0.600. The molecule has 0 bridgehead atoms. The standard InChI is InChI=1S/C10H15NO3/c1-4-6-8-9(7(3)11-14-8)10(12)13-5-2/h4-6H2,1-3H3. The first-order valence-electron chi connectivity index (χ1n) is 4.82. The minimum atomic E-state index is -0.338. The molecule has 0 saturated carbocycles. The average molecular weight is 197 g/mol. The zero-order valence-corrected chi connectivity index (χ0v) is 8.79. The average Bonchev–Trinajstić information content (AvgIpc) is 2.48. The highest BCUT2D eigenvalue weighted by molar-refractivity contribution is 5.91. The number of ether oxygens (including phenoxy) is 1. The number of aromatic nitrogens is 1. The van der Waals surface area contributed by atoms with Crippen LogP contribution in [0.4, 0.5) is 0 Å². The first-order valence-corrected chi connectivity index (χ1v) is 4.82. The second kappa shape index (κ2) is 4.79. The molecule has 0 amide bonds. The number of carbonyl (C=O) groups is 1. The Morgan fingerprint density at radius 3 is 2.79 bits per heavy atom. The van der Waals surface area contributed by atoms with Gasteiger partial charge >= 0.3 is 5.97 Å². The molecule has 0 aliphatic carbocycles. The van der Waals surface area contributed by atoms with E-state index in [1.54, 1.807) is 13.8 Å². The van der Waals surface area contributed by atoms with E-state index in [2.05, 4.69) is 5.16 Å². The fourth-order valence-electron chi connectivity index (χ4n) is 1.28. The molecule has 1 aromatic rings. The normalized spacial score (nSPS) is 10.2. The van der Waals surface area contributed by atoms with Gasteiger partial charge in [0.25, 0.3) is 0 Å². The third kappa shape index (κ3) is 2.13. The Balaban J connectivity index is 2.92. The van der Waals surface area contributed by atoms with Gasteiger partial charge in [0.05, 0.1) is 12.3 Å². The maximum Gasteiger partial charge on any atom is 0.343 e. The van der Waals surface area contributed by atoms with Gasteiger partial charge in [-0.15, -0.1) is 0 Å². The lowest BCUT2D eigenvalue weighted by atomic mass is 10.1. The molecule has 0 aromatic carbocycles. The first kappa shape index (κ1) is 10.8. The zero-order chi connectivity index (χ0) is 10.6. The van der Waals surface area contributed by atoms with Gasteiger partial charge in [0.1, 0.15) is 5.56 Å². The van der Waals surface area contributed by atoms with Crippen molar-refractivity contribution in [2.24, 2.45) is 0 Å². The summed E-state index contributed by atoms with van der Waals surface area (Å²) in [5.74, 6) is 0.290. The molecule has 0 aliphatic heterocycles. The van der Waals surface area contributed by atoms with Crippen LogP contribution in [0.15, 0.2) is 4.52 Å². The number of hydrogen-bond acceptors (Lipinski definition) is 4. The Kier molecular flexibility index (Phi) is 3.68. The predicted molar refractivity (Wildman–Crippen MR) is 51.2 cm³/mol. The predicted octanol–water partition coefficient (Wildman–Crippen LogP) is 2.11. The molecule has 1 heterocycles. The van der Waals surface area contributed by atoms with Crippen LogP contribution in [-0.4, -0.2) is 17.7 Å². The highest BCUT2D eigenvalue weighted by Crippen LogP contribution is 2.16. The Labute approximate surface area is 83.2 Å². The lowest BCUT2D eigenvalue weighted by Crippen LogP contribution is -2.07. The van der Waals surface area contributed by atoms with E-state index in [-0.39, 0.29) is 5.97 Å². The maximum atomic E-state index is 11.5. The summed E-state index contributed by atoms with van der Waals surface area (Å²) in [6.45, 7) is 5.91. The van der Waals surface area contributed by atoms with E-state index in [9.17, 15) is 4.79 Å². The summed E-state index contributed by atoms with van der Waals surface area (Å²) >= 11 is 0. The summed E-state index contributed by atoms with van der Waals surface area (Å²) in [6, 6.07) is 0. The van der Waals surface area contributed by atoms with E-state index in [1.807, 2.05) is 6.92 Å². The molecule has 0 saturated heterocycles. The van der Waals surface area contributed by atoms with Gasteiger partial charge < -0.3 is 9.26 Å². The number of esters is 1. The van der Waals surface area contributed by atoms with Gasteiger partial charge in [-0.05, 0) is 20.3 Å². The van der Waals surface area contributed by atoms with E-state index in [1.165, 1.54) is 0 Å². The van der Waals surface area contributed by atoms with Gasteiger partial charge in [-0.3, -0.25) is 0 Å². The molecule has 78 valence electrons. The Hall–Kier alpha value is -1.32. The molecule has 4 heteroatoms. The van der Waals surface area contributed by atoms with Crippen molar-refractivity contribution < 1.29 is 14.1 Å². The highest BCUT2D eigenvalue weighted by atomic mass is 16.5. The number of aryl methyl sites for hydroxylation is 2. The highest BCUT2D eigenvalue weighted by Gasteiger charge is 2.20. The second-order valence-electron chi connectivity index (χ2n) is 3.04. The van der Waals surface area contributed by atoms with E-state index < -0.39 is 0 Å². The van der Waals surface area contributed by atoms with Crippen LogP contribution in [0.25, 0.3) is 0 Å². The quantitative estimate of drug-likeness (QED) is 0.694.